The number of carbonyl (C=O) groups is 2. The molecule has 0 aliphatic carbocycles. The molecule has 0 fully saturated rings. The molecule has 0 unspecified atom stereocenters. The van der Waals surface area contributed by atoms with E-state index in [1.165, 1.54) is 27.4 Å². The van der Waals surface area contributed by atoms with Crippen molar-refractivity contribution in [1.82, 2.24) is 0 Å². The molecule has 1 aromatic rings. The topological polar surface area (TPSA) is 80.3 Å². The van der Waals surface area contributed by atoms with E-state index in [0.29, 0.717) is 5.56 Å². The van der Waals surface area contributed by atoms with Crippen LogP contribution < -0.4 is 14.2 Å². The number of ether oxygens (including phenoxy) is 5. The molecule has 1 rings (SSSR count). The van der Waals surface area contributed by atoms with Crippen molar-refractivity contribution in [1.29, 1.82) is 0 Å². The summed E-state index contributed by atoms with van der Waals surface area (Å²) in [5.74, 6) is 0.219. The van der Waals surface area contributed by atoms with Crippen LogP contribution in [0.15, 0.2) is 24.8 Å². The quantitative estimate of drug-likeness (QED) is 0.439. The second-order valence-corrected chi connectivity index (χ2v) is 6.12. The van der Waals surface area contributed by atoms with E-state index in [9.17, 15) is 9.59 Å². The van der Waals surface area contributed by atoms with Gasteiger partial charge >= 0.3 is 12.1 Å². The SMILES string of the molecule is C=C[C@H](OC(=O)OC)c1cc(OC)c(OC(=O)C(C)(C)C)c(OC)c1. The molecule has 1 atom stereocenters. The third-order valence-corrected chi connectivity index (χ3v) is 3.22. The first-order chi connectivity index (χ1) is 11.7. The Morgan fingerprint density at radius 2 is 1.60 bits per heavy atom. The predicted octanol–water partition coefficient (Wildman–Crippen LogP) is 3.67. The number of methoxy groups -OCH3 is 3. The zero-order valence-corrected chi connectivity index (χ0v) is 15.4. The van der Waals surface area contributed by atoms with Gasteiger partial charge in [0, 0.05) is 5.56 Å². The fourth-order valence-electron chi connectivity index (χ4n) is 1.81. The molecule has 7 nitrogen and oxygen atoms in total. The van der Waals surface area contributed by atoms with E-state index >= 15 is 0 Å². The van der Waals surface area contributed by atoms with E-state index in [0.717, 1.165) is 0 Å². The Bertz CT molecular complexity index is 618. The second-order valence-electron chi connectivity index (χ2n) is 6.12. The van der Waals surface area contributed by atoms with Gasteiger partial charge in [-0.1, -0.05) is 6.58 Å². The third kappa shape index (κ3) is 5.14. The van der Waals surface area contributed by atoms with Gasteiger partial charge in [0.25, 0.3) is 0 Å². The van der Waals surface area contributed by atoms with Gasteiger partial charge in [0.1, 0.15) is 6.10 Å². The number of rotatable bonds is 6. The highest BCUT2D eigenvalue weighted by atomic mass is 16.7. The monoisotopic (exact) mass is 352 g/mol. The van der Waals surface area contributed by atoms with Gasteiger partial charge in [0.2, 0.25) is 5.75 Å². The Hall–Kier alpha value is -2.70. The smallest absolute Gasteiger partial charge is 0.493 e. The minimum absolute atomic E-state index is 0.148. The van der Waals surface area contributed by atoms with Gasteiger partial charge in [-0.05, 0) is 39.0 Å². The summed E-state index contributed by atoms with van der Waals surface area (Å²) in [7, 11) is 4.06. The van der Waals surface area contributed by atoms with Crippen LogP contribution in [0.4, 0.5) is 4.79 Å². The Morgan fingerprint density at radius 1 is 1.08 bits per heavy atom. The molecule has 0 aliphatic rings. The van der Waals surface area contributed by atoms with Crippen molar-refractivity contribution in [3.63, 3.8) is 0 Å². The van der Waals surface area contributed by atoms with Gasteiger partial charge < -0.3 is 23.7 Å². The first-order valence-electron chi connectivity index (χ1n) is 7.53. The van der Waals surface area contributed by atoms with E-state index in [4.69, 9.17) is 18.9 Å². The second kappa shape index (κ2) is 8.41. The van der Waals surface area contributed by atoms with Crippen LogP contribution in [0.3, 0.4) is 0 Å². The van der Waals surface area contributed by atoms with Crippen LogP contribution in [-0.2, 0) is 14.3 Å². The molecular formula is C18H24O7. The molecule has 0 saturated carbocycles. The molecule has 0 aliphatic heterocycles. The van der Waals surface area contributed by atoms with E-state index in [2.05, 4.69) is 11.3 Å². The normalized spacial score (nSPS) is 11.9. The van der Waals surface area contributed by atoms with E-state index in [1.54, 1.807) is 32.9 Å². The minimum Gasteiger partial charge on any atom is -0.493 e. The highest BCUT2D eigenvalue weighted by Gasteiger charge is 2.28. The van der Waals surface area contributed by atoms with Crippen molar-refractivity contribution in [2.45, 2.75) is 26.9 Å². The lowest BCUT2D eigenvalue weighted by Crippen LogP contribution is -2.26. The number of carbonyl (C=O) groups excluding carboxylic acids is 2. The van der Waals surface area contributed by atoms with Crippen molar-refractivity contribution >= 4 is 12.1 Å². The third-order valence-electron chi connectivity index (χ3n) is 3.22. The number of benzene rings is 1. The van der Waals surface area contributed by atoms with Crippen LogP contribution in [0, 0.1) is 5.41 Å². The lowest BCUT2D eigenvalue weighted by molar-refractivity contribution is -0.143. The highest BCUT2D eigenvalue weighted by Crippen LogP contribution is 2.41. The Labute approximate surface area is 147 Å². The van der Waals surface area contributed by atoms with Crippen molar-refractivity contribution in [2.75, 3.05) is 21.3 Å². The summed E-state index contributed by atoms with van der Waals surface area (Å²) in [4.78, 5) is 23.6. The maximum Gasteiger partial charge on any atom is 0.508 e. The summed E-state index contributed by atoms with van der Waals surface area (Å²) in [6.45, 7) is 8.85. The molecule has 0 aromatic heterocycles. The van der Waals surface area contributed by atoms with E-state index < -0.39 is 23.6 Å². The molecule has 0 saturated heterocycles. The molecule has 0 amide bonds. The summed E-state index contributed by atoms with van der Waals surface area (Å²) in [6.07, 6.45) is -0.222. The van der Waals surface area contributed by atoms with Crippen LogP contribution >= 0.6 is 0 Å². The number of esters is 1. The molecule has 0 N–H and O–H groups in total. The zero-order valence-electron chi connectivity index (χ0n) is 15.4. The summed E-state index contributed by atoms with van der Waals surface area (Å²) in [6, 6.07) is 3.14. The van der Waals surface area contributed by atoms with Crippen LogP contribution in [0.25, 0.3) is 0 Å². The molecule has 0 heterocycles. The van der Waals surface area contributed by atoms with E-state index in [-0.39, 0.29) is 17.2 Å². The molecule has 25 heavy (non-hydrogen) atoms. The van der Waals surface area contributed by atoms with Crippen molar-refractivity contribution in [3.05, 3.63) is 30.4 Å². The maximum atomic E-state index is 12.2. The minimum atomic E-state index is -0.855. The highest BCUT2D eigenvalue weighted by molar-refractivity contribution is 5.79. The maximum absolute atomic E-state index is 12.2. The van der Waals surface area contributed by atoms with Gasteiger partial charge in [-0.2, -0.15) is 0 Å². The van der Waals surface area contributed by atoms with Gasteiger partial charge in [-0.25, -0.2) is 4.79 Å². The summed E-state index contributed by atoms with van der Waals surface area (Å²) >= 11 is 0. The molecule has 0 spiro atoms. The lowest BCUT2D eigenvalue weighted by atomic mass is 9.97. The van der Waals surface area contributed by atoms with Gasteiger partial charge in [-0.15, -0.1) is 0 Å². The molecule has 138 valence electrons. The average Bonchev–Trinajstić information content (AvgIpc) is 2.58. The lowest BCUT2D eigenvalue weighted by Gasteiger charge is -2.21. The van der Waals surface area contributed by atoms with Crippen molar-refractivity contribution in [2.24, 2.45) is 5.41 Å². The van der Waals surface area contributed by atoms with Crippen LogP contribution in [-0.4, -0.2) is 33.5 Å². The summed E-state index contributed by atoms with van der Waals surface area (Å²) in [5, 5.41) is 0. The first-order valence-corrected chi connectivity index (χ1v) is 7.53. The van der Waals surface area contributed by atoms with E-state index in [1.807, 2.05) is 0 Å². The van der Waals surface area contributed by atoms with Crippen LogP contribution in [0.1, 0.15) is 32.4 Å². The predicted molar refractivity (Wildman–Crippen MR) is 91.1 cm³/mol. The summed E-state index contributed by atoms with van der Waals surface area (Å²) < 4.78 is 25.7. The number of hydrogen-bond acceptors (Lipinski definition) is 7. The molecule has 7 heteroatoms. The van der Waals surface area contributed by atoms with Crippen molar-refractivity contribution < 1.29 is 33.3 Å². The van der Waals surface area contributed by atoms with Gasteiger partial charge in [0.05, 0.1) is 26.7 Å². The van der Waals surface area contributed by atoms with Crippen LogP contribution in [0.5, 0.6) is 17.2 Å². The van der Waals surface area contributed by atoms with Crippen LogP contribution in [0.2, 0.25) is 0 Å². The fourth-order valence-corrected chi connectivity index (χ4v) is 1.81. The van der Waals surface area contributed by atoms with Gasteiger partial charge in [0.15, 0.2) is 11.5 Å². The molecular weight excluding hydrogens is 328 g/mol. The Kier molecular flexibility index (Phi) is 6.85. The largest absolute Gasteiger partial charge is 0.508 e. The molecule has 0 radical (unpaired) electrons. The summed E-state index contributed by atoms with van der Waals surface area (Å²) in [5.41, 5.74) is -0.184. The number of hydrogen-bond donors (Lipinski definition) is 0. The standard InChI is InChI=1S/C18H24O7/c1-8-12(24-17(20)23-7)11-9-13(21-5)15(14(10-11)22-6)25-16(19)18(2,3)4/h8-10,12H,1H2,2-7H3/t12-/m0/s1. The first kappa shape index (κ1) is 20.3. The fraction of sp³-hybridized carbons (Fsp3) is 0.444. The Balaban J connectivity index is 3.32. The van der Waals surface area contributed by atoms with Crippen molar-refractivity contribution in [3.8, 4) is 17.2 Å². The molecule has 1 aromatic carbocycles. The zero-order chi connectivity index (χ0) is 19.2. The average molecular weight is 352 g/mol. The molecule has 0 bridgehead atoms. The Morgan fingerprint density at radius 3 is 1.96 bits per heavy atom. The van der Waals surface area contributed by atoms with Gasteiger partial charge in [-0.3, -0.25) is 4.79 Å².